The molecule has 4 nitrogen and oxygen atoms in total. The van der Waals surface area contributed by atoms with E-state index in [2.05, 4.69) is 11.9 Å². The van der Waals surface area contributed by atoms with Crippen molar-refractivity contribution in [3.05, 3.63) is 23.0 Å². The fourth-order valence-corrected chi connectivity index (χ4v) is 4.65. The van der Waals surface area contributed by atoms with E-state index in [0.717, 1.165) is 9.99 Å². The summed E-state index contributed by atoms with van der Waals surface area (Å²) in [7, 11) is 0. The topological polar surface area (TPSA) is 44.1 Å². The van der Waals surface area contributed by atoms with E-state index in [9.17, 15) is 4.79 Å². The van der Waals surface area contributed by atoms with Crippen molar-refractivity contribution in [2.75, 3.05) is 12.4 Å². The Morgan fingerprint density at radius 1 is 1.67 bits per heavy atom. The van der Waals surface area contributed by atoms with Crippen LogP contribution in [0.2, 0.25) is 0 Å². The number of carbonyl (C=O) groups excluding carboxylic acids is 1. The summed E-state index contributed by atoms with van der Waals surface area (Å²) < 4.78 is 7.92. The van der Waals surface area contributed by atoms with Crippen LogP contribution in [0.15, 0.2) is 23.0 Å². The molecule has 0 amide bonds. The van der Waals surface area contributed by atoms with Crippen molar-refractivity contribution in [2.24, 2.45) is 0 Å². The lowest BCUT2D eigenvalue weighted by atomic mass is 10.4. The van der Waals surface area contributed by atoms with Crippen LogP contribution in [0.5, 0.6) is 0 Å². The summed E-state index contributed by atoms with van der Waals surface area (Å²) in [6.45, 7) is 4.38. The molecule has 0 aromatic carbocycles. The van der Waals surface area contributed by atoms with Crippen molar-refractivity contribution in [3.8, 4) is 0 Å². The largest absolute Gasteiger partial charge is 0.461 e. The number of aromatic nitrogens is 2. The number of nitrogens with zero attached hydrogens (tertiary/aromatic N) is 2. The molecule has 1 atom stereocenters. The molecule has 6 heteroatoms. The van der Waals surface area contributed by atoms with Crippen molar-refractivity contribution in [3.63, 3.8) is 0 Å². The van der Waals surface area contributed by atoms with E-state index in [4.69, 9.17) is 4.74 Å². The van der Waals surface area contributed by atoms with Crippen LogP contribution in [0.1, 0.15) is 20.3 Å². The Hall–Kier alpha value is -0.880. The van der Waals surface area contributed by atoms with Gasteiger partial charge in [0, 0.05) is 17.6 Å². The molecule has 0 spiro atoms. The quantitative estimate of drug-likeness (QED) is 0.631. The first-order valence-corrected chi connectivity index (χ1v) is 7.78. The van der Waals surface area contributed by atoms with E-state index in [1.165, 1.54) is 6.42 Å². The third-order valence-electron chi connectivity index (χ3n) is 2.49. The molecule has 18 heavy (non-hydrogen) atoms. The van der Waals surface area contributed by atoms with Gasteiger partial charge in [-0.2, -0.15) is 0 Å². The second-order valence-electron chi connectivity index (χ2n) is 3.89. The third-order valence-corrected chi connectivity index (χ3v) is 5.07. The normalized spacial score (nSPS) is 22.7. The first kappa shape index (κ1) is 13.5. The summed E-state index contributed by atoms with van der Waals surface area (Å²) in [5.41, 5.74) is 0.593. The van der Waals surface area contributed by atoms with Crippen LogP contribution in [0, 0.1) is 0 Å². The zero-order chi connectivity index (χ0) is 13.0. The van der Waals surface area contributed by atoms with Gasteiger partial charge >= 0.3 is 5.97 Å². The van der Waals surface area contributed by atoms with Crippen molar-refractivity contribution in [2.45, 2.75) is 25.5 Å². The van der Waals surface area contributed by atoms with Gasteiger partial charge in [-0.1, -0.05) is 6.92 Å². The highest BCUT2D eigenvalue weighted by Crippen LogP contribution is 2.42. The van der Waals surface area contributed by atoms with Crippen LogP contribution in [0.25, 0.3) is 5.70 Å². The molecule has 0 radical (unpaired) electrons. The molecule has 1 fully saturated rings. The van der Waals surface area contributed by atoms with Gasteiger partial charge in [-0.25, -0.2) is 9.78 Å². The highest BCUT2D eigenvalue weighted by atomic mass is 32.2. The van der Waals surface area contributed by atoms with E-state index >= 15 is 0 Å². The molecule has 1 saturated heterocycles. The molecule has 2 rings (SSSR count). The van der Waals surface area contributed by atoms with E-state index in [1.54, 1.807) is 46.8 Å². The summed E-state index contributed by atoms with van der Waals surface area (Å²) in [6.07, 6.45) is 6.25. The van der Waals surface area contributed by atoms with Crippen LogP contribution >= 0.6 is 23.5 Å². The smallest absolute Gasteiger partial charge is 0.357 e. The summed E-state index contributed by atoms with van der Waals surface area (Å²) in [4.78, 5) is 16.1. The SMILES string of the molecule is CCOC(=O)/C(=C1/SCCC(C)S1)n1ccnc1. The van der Waals surface area contributed by atoms with Crippen molar-refractivity contribution in [1.29, 1.82) is 0 Å². The molecular formula is C12H16N2O2S2. The molecule has 1 aromatic rings. The predicted molar refractivity (Wildman–Crippen MR) is 76.2 cm³/mol. The first-order valence-electron chi connectivity index (χ1n) is 5.91. The molecule has 0 saturated carbocycles. The maximum atomic E-state index is 12.1. The summed E-state index contributed by atoms with van der Waals surface area (Å²) >= 11 is 3.46. The van der Waals surface area contributed by atoms with E-state index in [-0.39, 0.29) is 5.97 Å². The Morgan fingerprint density at radius 3 is 3.11 bits per heavy atom. The Morgan fingerprint density at radius 2 is 2.50 bits per heavy atom. The van der Waals surface area contributed by atoms with Crippen LogP contribution in [-0.4, -0.2) is 33.1 Å². The summed E-state index contributed by atoms with van der Waals surface area (Å²) in [5, 5.41) is 0.536. The standard InChI is InChI=1S/C12H16N2O2S2/c1-3-16-11(15)10(14-6-5-13-8-14)12-17-7-4-9(2)18-12/h5-6,8-9H,3-4,7H2,1-2H3/b12-10+. The number of hydrogen-bond acceptors (Lipinski definition) is 5. The number of esters is 1. The zero-order valence-corrected chi connectivity index (χ0v) is 12.1. The van der Waals surface area contributed by atoms with Gasteiger partial charge in [-0.15, -0.1) is 23.5 Å². The van der Waals surface area contributed by atoms with Crippen LogP contribution in [-0.2, 0) is 9.53 Å². The molecule has 1 aliphatic heterocycles. The molecule has 0 bridgehead atoms. The Labute approximate surface area is 115 Å². The first-order chi connectivity index (χ1) is 8.72. The summed E-state index contributed by atoms with van der Waals surface area (Å²) in [5.74, 6) is 0.765. The molecular weight excluding hydrogens is 268 g/mol. The monoisotopic (exact) mass is 284 g/mol. The van der Waals surface area contributed by atoms with Gasteiger partial charge < -0.3 is 4.74 Å². The minimum atomic E-state index is -0.278. The van der Waals surface area contributed by atoms with E-state index in [0.29, 0.717) is 17.6 Å². The lowest BCUT2D eigenvalue weighted by molar-refractivity contribution is -0.136. The predicted octanol–water partition coefficient (Wildman–Crippen LogP) is 2.83. The Kier molecular flexibility index (Phi) is 4.77. The number of carbonyl (C=O) groups is 1. The number of rotatable bonds is 3. The maximum absolute atomic E-state index is 12.1. The van der Waals surface area contributed by atoms with Crippen LogP contribution in [0.4, 0.5) is 0 Å². The fraction of sp³-hybridized carbons (Fsp3) is 0.500. The molecule has 98 valence electrons. The van der Waals surface area contributed by atoms with Crippen LogP contribution < -0.4 is 0 Å². The molecule has 0 N–H and O–H groups in total. The van der Waals surface area contributed by atoms with E-state index < -0.39 is 0 Å². The minimum Gasteiger partial charge on any atom is -0.461 e. The molecule has 1 aliphatic rings. The second kappa shape index (κ2) is 6.33. The Bertz CT molecular complexity index is 443. The number of thioether (sulfide) groups is 2. The number of ether oxygens (including phenoxy) is 1. The Balaban J connectivity index is 2.34. The number of imidazole rings is 1. The highest BCUT2D eigenvalue weighted by Gasteiger charge is 2.24. The highest BCUT2D eigenvalue weighted by molar-refractivity contribution is 8.23. The fourth-order valence-electron chi connectivity index (χ4n) is 1.60. The van der Waals surface area contributed by atoms with Gasteiger partial charge in [-0.05, 0) is 19.1 Å². The average Bonchev–Trinajstić information content (AvgIpc) is 2.83. The lowest BCUT2D eigenvalue weighted by Crippen LogP contribution is -2.15. The summed E-state index contributed by atoms with van der Waals surface area (Å²) in [6, 6.07) is 0. The average molecular weight is 284 g/mol. The van der Waals surface area contributed by atoms with Crippen molar-refractivity contribution in [1.82, 2.24) is 9.55 Å². The van der Waals surface area contributed by atoms with Gasteiger partial charge in [0.15, 0.2) is 5.70 Å². The molecule has 2 heterocycles. The third kappa shape index (κ3) is 3.11. The maximum Gasteiger partial charge on any atom is 0.357 e. The second-order valence-corrected chi connectivity index (χ2v) is 6.70. The molecule has 1 unspecified atom stereocenters. The van der Waals surface area contributed by atoms with Crippen LogP contribution in [0.3, 0.4) is 0 Å². The zero-order valence-electron chi connectivity index (χ0n) is 10.5. The van der Waals surface area contributed by atoms with Crippen molar-refractivity contribution >= 4 is 35.2 Å². The van der Waals surface area contributed by atoms with E-state index in [1.807, 2.05) is 6.92 Å². The van der Waals surface area contributed by atoms with Gasteiger partial charge in [0.2, 0.25) is 0 Å². The molecule has 0 aliphatic carbocycles. The van der Waals surface area contributed by atoms with Crippen molar-refractivity contribution < 1.29 is 9.53 Å². The lowest BCUT2D eigenvalue weighted by Gasteiger charge is -2.22. The molecule has 1 aromatic heterocycles. The number of hydrogen-bond donors (Lipinski definition) is 0. The van der Waals surface area contributed by atoms with Gasteiger partial charge in [0.1, 0.15) is 0 Å². The van der Waals surface area contributed by atoms with Gasteiger partial charge in [-0.3, -0.25) is 4.57 Å². The van der Waals surface area contributed by atoms with Gasteiger partial charge in [0.25, 0.3) is 0 Å². The van der Waals surface area contributed by atoms with Gasteiger partial charge in [0.05, 0.1) is 17.2 Å². The minimum absolute atomic E-state index is 0.278.